The normalized spacial score (nSPS) is 11.0. The number of anilines is 2. The van der Waals surface area contributed by atoms with Crippen LogP contribution in [0.4, 0.5) is 11.4 Å². The molecule has 0 aliphatic rings. The van der Waals surface area contributed by atoms with Gasteiger partial charge in [-0.05, 0) is 74.0 Å². The molecular formula is C24H24ClN3O4S. The Morgan fingerprint density at radius 3 is 2.09 bits per heavy atom. The van der Waals surface area contributed by atoms with Crippen molar-refractivity contribution in [3.63, 3.8) is 0 Å². The van der Waals surface area contributed by atoms with Crippen LogP contribution >= 0.6 is 11.6 Å². The lowest BCUT2D eigenvalue weighted by Gasteiger charge is -2.10. The van der Waals surface area contributed by atoms with Crippen LogP contribution in [0.2, 0.25) is 5.02 Å². The third kappa shape index (κ3) is 7.34. The molecule has 0 unspecified atom stereocenters. The van der Waals surface area contributed by atoms with Crippen LogP contribution in [-0.4, -0.2) is 26.8 Å². The number of aryl methyl sites for hydroxylation is 1. The third-order valence-corrected chi connectivity index (χ3v) is 6.37. The average Bonchev–Trinajstić information content (AvgIpc) is 2.78. The van der Waals surface area contributed by atoms with Gasteiger partial charge in [0, 0.05) is 34.9 Å². The third-order valence-electron chi connectivity index (χ3n) is 4.72. The zero-order chi connectivity index (χ0) is 23.8. The van der Waals surface area contributed by atoms with Gasteiger partial charge in [0.05, 0.1) is 4.90 Å². The molecule has 3 aromatic carbocycles. The Kier molecular flexibility index (Phi) is 8.08. The Balaban J connectivity index is 1.43. The van der Waals surface area contributed by atoms with Crippen molar-refractivity contribution in [2.24, 2.45) is 0 Å². The van der Waals surface area contributed by atoms with E-state index in [9.17, 15) is 18.0 Å². The number of benzene rings is 3. The quantitative estimate of drug-likeness (QED) is 0.385. The molecule has 0 heterocycles. The summed E-state index contributed by atoms with van der Waals surface area (Å²) in [6.45, 7) is 2.24. The van der Waals surface area contributed by atoms with Gasteiger partial charge in [0.2, 0.25) is 5.91 Å². The summed E-state index contributed by atoms with van der Waals surface area (Å²) in [4.78, 5) is 24.3. The zero-order valence-electron chi connectivity index (χ0n) is 18.0. The summed E-state index contributed by atoms with van der Waals surface area (Å²) in [7, 11) is -3.69. The standard InChI is InChI=1S/C24H24ClN3O4S/c1-17-4-14-22(15-5-17)33(31,32)28-21-12-10-20(11-13-21)27-23(29)3-2-16-26-24(30)18-6-8-19(25)9-7-18/h4-15,28H,2-3,16H2,1H3,(H,26,30)(H,27,29). The van der Waals surface area contributed by atoms with Crippen molar-refractivity contribution in [1.29, 1.82) is 0 Å². The summed E-state index contributed by atoms with van der Waals surface area (Å²) >= 11 is 5.81. The molecule has 0 saturated carbocycles. The number of hydrogen-bond acceptors (Lipinski definition) is 4. The van der Waals surface area contributed by atoms with E-state index in [2.05, 4.69) is 15.4 Å². The Labute approximate surface area is 198 Å². The second kappa shape index (κ2) is 11.0. The molecular weight excluding hydrogens is 462 g/mol. The Hall–Kier alpha value is -3.36. The first-order chi connectivity index (χ1) is 15.7. The fourth-order valence-corrected chi connectivity index (χ4v) is 4.12. The van der Waals surface area contributed by atoms with Crippen LogP contribution in [0, 0.1) is 6.92 Å². The van der Waals surface area contributed by atoms with E-state index in [1.165, 1.54) is 0 Å². The summed E-state index contributed by atoms with van der Waals surface area (Å²) in [6, 6.07) is 19.5. The van der Waals surface area contributed by atoms with Gasteiger partial charge < -0.3 is 10.6 Å². The molecule has 0 bridgehead atoms. The van der Waals surface area contributed by atoms with E-state index < -0.39 is 10.0 Å². The second-order valence-electron chi connectivity index (χ2n) is 7.41. The van der Waals surface area contributed by atoms with Gasteiger partial charge in [-0.15, -0.1) is 0 Å². The first kappa shape index (κ1) is 24.3. The van der Waals surface area contributed by atoms with Crippen molar-refractivity contribution in [2.75, 3.05) is 16.6 Å². The molecule has 3 aromatic rings. The molecule has 3 rings (SSSR count). The molecule has 0 radical (unpaired) electrons. The van der Waals surface area contributed by atoms with Gasteiger partial charge >= 0.3 is 0 Å². The van der Waals surface area contributed by atoms with Gasteiger partial charge in [0.1, 0.15) is 0 Å². The van der Waals surface area contributed by atoms with Crippen LogP contribution in [0.1, 0.15) is 28.8 Å². The molecule has 3 N–H and O–H groups in total. The Morgan fingerprint density at radius 1 is 0.848 bits per heavy atom. The van der Waals surface area contributed by atoms with Crippen LogP contribution < -0.4 is 15.4 Å². The maximum absolute atomic E-state index is 12.5. The highest BCUT2D eigenvalue weighted by Crippen LogP contribution is 2.19. The first-order valence-corrected chi connectivity index (χ1v) is 12.1. The van der Waals surface area contributed by atoms with Gasteiger partial charge in [-0.25, -0.2) is 8.42 Å². The number of nitrogens with one attached hydrogen (secondary N) is 3. The number of hydrogen-bond donors (Lipinski definition) is 3. The molecule has 0 atom stereocenters. The average molecular weight is 486 g/mol. The Morgan fingerprint density at radius 2 is 1.45 bits per heavy atom. The number of halogens is 1. The van der Waals surface area contributed by atoms with Crippen LogP contribution in [0.15, 0.2) is 77.7 Å². The molecule has 0 aliphatic carbocycles. The smallest absolute Gasteiger partial charge is 0.261 e. The van der Waals surface area contributed by atoms with Crippen LogP contribution in [0.5, 0.6) is 0 Å². The SMILES string of the molecule is Cc1ccc(S(=O)(=O)Nc2ccc(NC(=O)CCCNC(=O)c3ccc(Cl)cc3)cc2)cc1. The molecule has 172 valence electrons. The van der Waals surface area contributed by atoms with Crippen molar-refractivity contribution in [1.82, 2.24) is 5.32 Å². The highest BCUT2D eigenvalue weighted by molar-refractivity contribution is 7.92. The largest absolute Gasteiger partial charge is 0.352 e. The number of carbonyl (C=O) groups excluding carboxylic acids is 2. The van der Waals surface area contributed by atoms with Crippen molar-refractivity contribution < 1.29 is 18.0 Å². The molecule has 9 heteroatoms. The zero-order valence-corrected chi connectivity index (χ0v) is 19.5. The van der Waals surface area contributed by atoms with E-state index in [-0.39, 0.29) is 23.1 Å². The van der Waals surface area contributed by atoms with Crippen LogP contribution in [-0.2, 0) is 14.8 Å². The monoisotopic (exact) mass is 485 g/mol. The highest BCUT2D eigenvalue weighted by atomic mass is 35.5. The molecule has 0 aromatic heterocycles. The minimum absolute atomic E-state index is 0.175. The lowest BCUT2D eigenvalue weighted by Crippen LogP contribution is -2.25. The molecule has 7 nitrogen and oxygen atoms in total. The number of rotatable bonds is 9. The predicted octanol–water partition coefficient (Wildman–Crippen LogP) is 4.60. The van der Waals surface area contributed by atoms with Gasteiger partial charge in [0.15, 0.2) is 0 Å². The summed E-state index contributed by atoms with van der Waals surface area (Å²) in [5, 5.41) is 6.06. The molecule has 0 aliphatic heterocycles. The van der Waals surface area contributed by atoms with Crippen molar-refractivity contribution in [3.8, 4) is 0 Å². The highest BCUT2D eigenvalue weighted by Gasteiger charge is 2.14. The van der Waals surface area contributed by atoms with Gasteiger partial charge in [-0.3, -0.25) is 14.3 Å². The van der Waals surface area contributed by atoms with Crippen molar-refractivity contribution >= 4 is 44.8 Å². The van der Waals surface area contributed by atoms with E-state index in [4.69, 9.17) is 11.6 Å². The number of sulfonamides is 1. The van der Waals surface area contributed by atoms with Crippen molar-refractivity contribution in [2.45, 2.75) is 24.7 Å². The predicted molar refractivity (Wildman–Crippen MR) is 130 cm³/mol. The summed E-state index contributed by atoms with van der Waals surface area (Å²) in [5.41, 5.74) is 2.40. The lowest BCUT2D eigenvalue weighted by molar-refractivity contribution is -0.116. The molecule has 0 saturated heterocycles. The van der Waals surface area contributed by atoms with E-state index in [1.807, 2.05) is 6.92 Å². The fourth-order valence-electron chi connectivity index (χ4n) is 2.93. The van der Waals surface area contributed by atoms with E-state index in [1.54, 1.807) is 72.8 Å². The van der Waals surface area contributed by atoms with Gasteiger partial charge in [0.25, 0.3) is 15.9 Å². The minimum atomic E-state index is -3.69. The number of amides is 2. The van der Waals surface area contributed by atoms with Crippen LogP contribution in [0.3, 0.4) is 0 Å². The van der Waals surface area contributed by atoms with E-state index in [0.29, 0.717) is 34.9 Å². The van der Waals surface area contributed by atoms with E-state index in [0.717, 1.165) is 5.56 Å². The maximum Gasteiger partial charge on any atom is 0.261 e. The molecule has 0 fully saturated rings. The lowest BCUT2D eigenvalue weighted by atomic mass is 10.2. The molecule has 33 heavy (non-hydrogen) atoms. The fraction of sp³-hybridized carbons (Fsp3) is 0.167. The first-order valence-electron chi connectivity index (χ1n) is 10.3. The minimum Gasteiger partial charge on any atom is -0.352 e. The van der Waals surface area contributed by atoms with Crippen molar-refractivity contribution in [3.05, 3.63) is 88.9 Å². The summed E-state index contributed by atoms with van der Waals surface area (Å²) in [6.07, 6.45) is 0.697. The summed E-state index contributed by atoms with van der Waals surface area (Å²) < 4.78 is 27.4. The second-order valence-corrected chi connectivity index (χ2v) is 9.53. The van der Waals surface area contributed by atoms with Crippen LogP contribution in [0.25, 0.3) is 0 Å². The number of carbonyl (C=O) groups is 2. The van der Waals surface area contributed by atoms with Gasteiger partial charge in [-0.2, -0.15) is 0 Å². The summed E-state index contributed by atoms with van der Waals surface area (Å²) in [5.74, 6) is -0.431. The Bertz CT molecular complexity index is 1210. The maximum atomic E-state index is 12.5. The van der Waals surface area contributed by atoms with Gasteiger partial charge in [-0.1, -0.05) is 29.3 Å². The van der Waals surface area contributed by atoms with E-state index >= 15 is 0 Å². The molecule has 2 amide bonds. The topological polar surface area (TPSA) is 104 Å². The molecule has 0 spiro atoms.